The maximum Gasteiger partial charge on any atom is 0.261 e. The molecule has 4 rings (SSSR count). The fourth-order valence-corrected chi connectivity index (χ4v) is 4.56. The van der Waals surface area contributed by atoms with Crippen LogP contribution < -0.4 is 5.32 Å². The van der Waals surface area contributed by atoms with Crippen molar-refractivity contribution in [1.29, 1.82) is 0 Å². The number of carbonyl (C=O) groups excluding carboxylic acids is 1. The number of thiophene rings is 1. The SMILES string of the molecule is CN(C)Cc1ccccc1CNC(=O)c1cc2c(nc3sccn32)s1. The van der Waals surface area contributed by atoms with Crippen LogP contribution in [0.15, 0.2) is 41.9 Å². The molecule has 0 bridgehead atoms. The third kappa shape index (κ3) is 3.18. The minimum atomic E-state index is -0.0494. The number of rotatable bonds is 5. The van der Waals surface area contributed by atoms with E-state index in [0.29, 0.717) is 11.4 Å². The lowest BCUT2D eigenvalue weighted by Crippen LogP contribution is -2.23. The van der Waals surface area contributed by atoms with E-state index in [1.54, 1.807) is 11.3 Å². The molecular formula is C18H18N4OS2. The smallest absolute Gasteiger partial charge is 0.261 e. The van der Waals surface area contributed by atoms with E-state index in [0.717, 1.165) is 27.4 Å². The highest BCUT2D eigenvalue weighted by Crippen LogP contribution is 2.28. The second-order valence-corrected chi connectivity index (χ2v) is 8.06. The van der Waals surface area contributed by atoms with E-state index in [2.05, 4.69) is 27.3 Å². The Kier molecular flexibility index (Phi) is 4.29. The Morgan fingerprint density at radius 2 is 2.08 bits per heavy atom. The Balaban J connectivity index is 1.51. The normalized spacial score (nSPS) is 11.6. The fourth-order valence-electron chi connectivity index (χ4n) is 2.85. The number of nitrogens with zero attached hydrogens (tertiary/aromatic N) is 3. The number of fused-ring (bicyclic) bond motifs is 3. The number of amides is 1. The zero-order valence-electron chi connectivity index (χ0n) is 14.0. The molecule has 25 heavy (non-hydrogen) atoms. The molecule has 7 heteroatoms. The average Bonchev–Trinajstić information content (AvgIpc) is 3.25. The lowest BCUT2D eigenvalue weighted by molar-refractivity contribution is 0.0955. The van der Waals surface area contributed by atoms with E-state index < -0.39 is 0 Å². The quantitative estimate of drug-likeness (QED) is 0.584. The van der Waals surface area contributed by atoms with Crippen molar-refractivity contribution in [2.75, 3.05) is 14.1 Å². The molecule has 0 aliphatic carbocycles. The molecule has 3 heterocycles. The number of thiazole rings is 1. The molecule has 1 aromatic carbocycles. The van der Waals surface area contributed by atoms with Gasteiger partial charge in [0.2, 0.25) is 0 Å². The predicted octanol–water partition coefficient (Wildman–Crippen LogP) is 3.60. The van der Waals surface area contributed by atoms with E-state index in [-0.39, 0.29) is 5.91 Å². The summed E-state index contributed by atoms with van der Waals surface area (Å²) in [6.07, 6.45) is 1.99. The van der Waals surface area contributed by atoms with Crippen molar-refractivity contribution in [2.45, 2.75) is 13.1 Å². The Morgan fingerprint density at radius 1 is 1.28 bits per heavy atom. The first kappa shape index (κ1) is 16.3. The molecule has 0 atom stereocenters. The van der Waals surface area contributed by atoms with Crippen LogP contribution in [0.3, 0.4) is 0 Å². The number of carbonyl (C=O) groups is 1. The second kappa shape index (κ2) is 6.59. The molecule has 5 nitrogen and oxygen atoms in total. The average molecular weight is 371 g/mol. The van der Waals surface area contributed by atoms with Crippen molar-refractivity contribution in [3.8, 4) is 0 Å². The number of aromatic nitrogens is 2. The van der Waals surface area contributed by atoms with Crippen LogP contribution in [0.25, 0.3) is 15.3 Å². The van der Waals surface area contributed by atoms with Crippen molar-refractivity contribution in [2.24, 2.45) is 0 Å². The van der Waals surface area contributed by atoms with Crippen molar-refractivity contribution < 1.29 is 4.79 Å². The first-order valence-electron chi connectivity index (χ1n) is 7.96. The third-order valence-electron chi connectivity index (χ3n) is 4.01. The van der Waals surface area contributed by atoms with Crippen LogP contribution in [-0.2, 0) is 13.1 Å². The molecule has 0 unspecified atom stereocenters. The molecule has 1 N–H and O–H groups in total. The van der Waals surface area contributed by atoms with Crippen LogP contribution in [0.4, 0.5) is 0 Å². The maximum atomic E-state index is 12.5. The molecule has 0 aliphatic heterocycles. The van der Waals surface area contributed by atoms with E-state index in [9.17, 15) is 4.79 Å². The summed E-state index contributed by atoms with van der Waals surface area (Å²) >= 11 is 3.04. The molecule has 4 aromatic rings. The van der Waals surface area contributed by atoms with Crippen LogP contribution in [0.5, 0.6) is 0 Å². The maximum absolute atomic E-state index is 12.5. The second-order valence-electron chi connectivity index (χ2n) is 6.16. The van der Waals surface area contributed by atoms with Crippen molar-refractivity contribution in [3.05, 3.63) is 57.9 Å². The molecule has 0 saturated carbocycles. The molecule has 1 amide bonds. The van der Waals surface area contributed by atoms with Gasteiger partial charge in [-0.3, -0.25) is 9.20 Å². The van der Waals surface area contributed by atoms with Gasteiger partial charge in [-0.25, -0.2) is 4.98 Å². The molecule has 128 valence electrons. The molecule has 0 radical (unpaired) electrons. The van der Waals surface area contributed by atoms with Gasteiger partial charge < -0.3 is 10.2 Å². The molecule has 0 spiro atoms. The summed E-state index contributed by atoms with van der Waals surface area (Å²) in [6.45, 7) is 1.38. The molecule has 0 saturated heterocycles. The van der Waals surface area contributed by atoms with Crippen molar-refractivity contribution >= 4 is 43.9 Å². The van der Waals surface area contributed by atoms with Crippen LogP contribution >= 0.6 is 22.7 Å². The van der Waals surface area contributed by atoms with Gasteiger partial charge in [-0.2, -0.15) is 0 Å². The molecule has 0 aliphatic rings. The summed E-state index contributed by atoms with van der Waals surface area (Å²) in [5.74, 6) is -0.0494. The summed E-state index contributed by atoms with van der Waals surface area (Å²) in [5.41, 5.74) is 3.38. The first-order chi connectivity index (χ1) is 12.1. The highest BCUT2D eigenvalue weighted by Gasteiger charge is 2.15. The van der Waals surface area contributed by atoms with Gasteiger partial charge in [-0.1, -0.05) is 24.3 Å². The van der Waals surface area contributed by atoms with Gasteiger partial charge in [0.25, 0.3) is 5.91 Å². The third-order valence-corrected chi connectivity index (χ3v) is 5.78. The van der Waals surface area contributed by atoms with Gasteiger partial charge in [0.15, 0.2) is 4.96 Å². The molecule has 0 fully saturated rings. The van der Waals surface area contributed by atoms with Crippen LogP contribution in [-0.4, -0.2) is 34.3 Å². The summed E-state index contributed by atoms with van der Waals surface area (Å²) in [7, 11) is 4.09. The van der Waals surface area contributed by atoms with Gasteiger partial charge in [0.1, 0.15) is 4.83 Å². The highest BCUT2D eigenvalue weighted by molar-refractivity contribution is 7.21. The monoisotopic (exact) mass is 370 g/mol. The zero-order valence-corrected chi connectivity index (χ0v) is 15.7. The van der Waals surface area contributed by atoms with Crippen molar-refractivity contribution in [1.82, 2.24) is 19.6 Å². The number of benzene rings is 1. The molecular weight excluding hydrogens is 352 g/mol. The molecule has 3 aromatic heterocycles. The lowest BCUT2D eigenvalue weighted by atomic mass is 10.1. The van der Waals surface area contributed by atoms with E-state index in [1.807, 2.05) is 48.3 Å². The summed E-state index contributed by atoms with van der Waals surface area (Å²) in [5, 5.41) is 5.04. The number of imidazole rings is 1. The van der Waals surface area contributed by atoms with Crippen molar-refractivity contribution in [3.63, 3.8) is 0 Å². The minimum Gasteiger partial charge on any atom is -0.347 e. The van der Waals surface area contributed by atoms with Crippen LogP contribution in [0, 0.1) is 0 Å². The lowest BCUT2D eigenvalue weighted by Gasteiger charge is -2.14. The largest absolute Gasteiger partial charge is 0.347 e. The topological polar surface area (TPSA) is 49.6 Å². The Morgan fingerprint density at radius 3 is 2.88 bits per heavy atom. The fraction of sp³-hybridized carbons (Fsp3) is 0.222. The Hall–Kier alpha value is -2.22. The summed E-state index contributed by atoms with van der Waals surface area (Å²) < 4.78 is 2.03. The van der Waals surface area contributed by atoms with E-state index >= 15 is 0 Å². The highest BCUT2D eigenvalue weighted by atomic mass is 32.1. The minimum absolute atomic E-state index is 0.0494. The number of hydrogen-bond acceptors (Lipinski definition) is 5. The van der Waals surface area contributed by atoms with E-state index in [1.165, 1.54) is 16.9 Å². The van der Waals surface area contributed by atoms with Gasteiger partial charge in [0.05, 0.1) is 10.4 Å². The van der Waals surface area contributed by atoms with Gasteiger partial charge in [-0.05, 0) is 31.3 Å². The standard InChI is InChI=1S/C18H18N4OS2/c1-21(2)11-13-6-4-3-5-12(13)10-19-16(23)15-9-14-17(25-15)20-18-22(14)7-8-24-18/h3-9H,10-11H2,1-2H3,(H,19,23). The van der Waals surface area contributed by atoms with Gasteiger partial charge in [-0.15, -0.1) is 22.7 Å². The number of hydrogen-bond donors (Lipinski definition) is 1. The predicted molar refractivity (Wildman–Crippen MR) is 103 cm³/mol. The van der Waals surface area contributed by atoms with Gasteiger partial charge >= 0.3 is 0 Å². The first-order valence-corrected chi connectivity index (χ1v) is 9.66. The van der Waals surface area contributed by atoms with Crippen LogP contribution in [0.2, 0.25) is 0 Å². The number of nitrogens with one attached hydrogen (secondary N) is 1. The Bertz CT molecular complexity index is 1040. The summed E-state index contributed by atoms with van der Waals surface area (Å²) in [6, 6.07) is 10.1. The zero-order chi connectivity index (χ0) is 17.4. The van der Waals surface area contributed by atoms with Gasteiger partial charge in [0, 0.05) is 24.7 Å². The Labute approximate surface area is 153 Å². The van der Waals surface area contributed by atoms with Crippen LogP contribution in [0.1, 0.15) is 20.8 Å². The summed E-state index contributed by atoms with van der Waals surface area (Å²) in [4.78, 5) is 21.8. The van der Waals surface area contributed by atoms with E-state index in [4.69, 9.17) is 0 Å².